The van der Waals surface area contributed by atoms with Crippen molar-refractivity contribution in [3.63, 3.8) is 0 Å². The number of hydrogen-bond acceptors (Lipinski definition) is 5. The van der Waals surface area contributed by atoms with Crippen molar-refractivity contribution in [1.29, 1.82) is 0 Å². The van der Waals surface area contributed by atoms with Gasteiger partial charge in [0.05, 0.1) is 11.4 Å². The lowest BCUT2D eigenvalue weighted by atomic mass is 9.83. The molecule has 192 valence electrons. The highest BCUT2D eigenvalue weighted by atomic mass is 35.5. The van der Waals surface area contributed by atoms with Crippen molar-refractivity contribution in [2.75, 3.05) is 13.1 Å². The van der Waals surface area contributed by atoms with Crippen LogP contribution in [0.15, 0.2) is 60.9 Å². The number of likely N-dealkylation sites (tertiary alicyclic amines) is 1. The van der Waals surface area contributed by atoms with E-state index in [1.54, 1.807) is 30.6 Å². The molecule has 2 aromatic heterocycles. The van der Waals surface area contributed by atoms with E-state index < -0.39 is 17.5 Å². The summed E-state index contributed by atoms with van der Waals surface area (Å²) in [6.07, 6.45) is -0.114. The first-order valence-electron chi connectivity index (χ1n) is 11.4. The highest BCUT2D eigenvalue weighted by molar-refractivity contribution is 6.30. The van der Waals surface area contributed by atoms with Gasteiger partial charge in [-0.3, -0.25) is 14.9 Å². The van der Waals surface area contributed by atoms with Gasteiger partial charge in [0.1, 0.15) is 17.5 Å². The minimum atomic E-state index is -4.71. The van der Waals surface area contributed by atoms with E-state index >= 15 is 0 Å². The Morgan fingerprint density at radius 2 is 1.72 bits per heavy atom. The second-order valence-electron chi connectivity index (χ2n) is 9.45. The second kappa shape index (κ2) is 9.65. The second-order valence-corrected chi connectivity index (χ2v) is 9.89. The van der Waals surface area contributed by atoms with Gasteiger partial charge in [0.15, 0.2) is 0 Å². The Labute approximate surface area is 214 Å². The van der Waals surface area contributed by atoms with Crippen LogP contribution in [0, 0.1) is 0 Å². The normalized spacial score (nSPS) is 19.6. The highest BCUT2D eigenvalue weighted by Crippen LogP contribution is 2.51. The van der Waals surface area contributed by atoms with Gasteiger partial charge in [0, 0.05) is 41.6 Å². The average molecular weight is 520 g/mol. The van der Waals surface area contributed by atoms with Crippen molar-refractivity contribution in [2.45, 2.75) is 57.7 Å². The van der Waals surface area contributed by atoms with E-state index in [4.69, 9.17) is 21.3 Å². The van der Waals surface area contributed by atoms with Gasteiger partial charge in [-0.15, -0.1) is 13.2 Å². The van der Waals surface area contributed by atoms with Crippen LogP contribution in [-0.2, 0) is 15.9 Å². The van der Waals surface area contributed by atoms with Crippen LogP contribution < -0.4 is 4.74 Å². The molecular weight excluding hydrogens is 491 g/mol. The monoisotopic (exact) mass is 519 g/mol. The Hall–Kier alpha value is -2.68. The van der Waals surface area contributed by atoms with E-state index in [0.29, 0.717) is 5.02 Å². The fourth-order valence-corrected chi connectivity index (χ4v) is 5.34. The summed E-state index contributed by atoms with van der Waals surface area (Å²) in [6.45, 7) is 5.62. The van der Waals surface area contributed by atoms with Crippen LogP contribution >= 0.6 is 11.6 Å². The number of nitrogens with zero attached hydrogens (tertiary/aromatic N) is 3. The molecule has 9 heteroatoms. The van der Waals surface area contributed by atoms with Crippen molar-refractivity contribution in [1.82, 2.24) is 14.9 Å². The van der Waals surface area contributed by atoms with Gasteiger partial charge < -0.3 is 9.47 Å². The summed E-state index contributed by atoms with van der Waals surface area (Å²) in [4.78, 5) is 11.5. The molecule has 0 radical (unpaired) electrons. The number of fused-ring (bicyclic) bond motifs is 2. The lowest BCUT2D eigenvalue weighted by molar-refractivity contribution is -0.274. The Balaban J connectivity index is 0.00000304. The first-order chi connectivity index (χ1) is 16.6. The minimum absolute atomic E-state index is 0. The summed E-state index contributed by atoms with van der Waals surface area (Å²) in [5.74, 6) is -0.225. The SMILES string of the molecule is C.CC(C)(c1ccc(OC(F)(F)F)cc1)N1CCC2(CC1)OC(c1cc(Cl)ccn1)c1cccnc12. The number of pyridine rings is 2. The fraction of sp³-hybridized carbons (Fsp3) is 0.407. The van der Waals surface area contributed by atoms with Crippen LogP contribution in [0.1, 0.15) is 62.7 Å². The molecule has 3 aromatic rings. The standard InChI is InChI=1S/C26H25ClF3N3O2.CH4/c1-24(2,17-5-7-19(8-6-17)34-26(28,29)30)33-14-10-25(11-15-33)23-20(4-3-12-32-23)22(35-25)21-16-18(27)9-13-31-21;/h3-9,12-13,16,22H,10-11,14-15H2,1-2H3;1H4. The Bertz CT molecular complexity index is 1210. The van der Waals surface area contributed by atoms with Gasteiger partial charge in [-0.1, -0.05) is 37.2 Å². The molecule has 0 N–H and O–H groups in total. The summed E-state index contributed by atoms with van der Waals surface area (Å²) in [7, 11) is 0. The first-order valence-corrected chi connectivity index (χ1v) is 11.8. The lowest BCUT2D eigenvalue weighted by Gasteiger charge is -2.46. The summed E-state index contributed by atoms with van der Waals surface area (Å²) in [6, 6.07) is 13.6. The number of ether oxygens (including phenoxy) is 2. The van der Waals surface area contributed by atoms with Crippen molar-refractivity contribution in [3.05, 3.63) is 88.5 Å². The molecule has 5 nitrogen and oxygen atoms in total. The van der Waals surface area contributed by atoms with Gasteiger partial charge >= 0.3 is 6.36 Å². The van der Waals surface area contributed by atoms with Gasteiger partial charge in [0.2, 0.25) is 0 Å². The minimum Gasteiger partial charge on any atom is -0.406 e. The molecule has 1 fully saturated rings. The van der Waals surface area contributed by atoms with Crippen molar-refractivity contribution < 1.29 is 22.6 Å². The molecule has 0 bridgehead atoms. The maximum absolute atomic E-state index is 12.5. The summed E-state index contributed by atoms with van der Waals surface area (Å²) in [5, 5.41) is 0.605. The number of aromatic nitrogens is 2. The number of alkyl halides is 3. The topological polar surface area (TPSA) is 47.5 Å². The largest absolute Gasteiger partial charge is 0.573 e. The number of hydrogen-bond donors (Lipinski definition) is 0. The third-order valence-corrected chi connectivity index (χ3v) is 7.30. The molecule has 1 aromatic carbocycles. The van der Waals surface area contributed by atoms with E-state index in [1.165, 1.54) is 12.1 Å². The average Bonchev–Trinajstić information content (AvgIpc) is 3.13. The predicted octanol–water partition coefficient (Wildman–Crippen LogP) is 7.01. The van der Waals surface area contributed by atoms with E-state index in [9.17, 15) is 13.2 Å². The number of rotatable bonds is 4. The molecule has 1 spiro atoms. The van der Waals surface area contributed by atoms with Crippen LogP contribution in [0.2, 0.25) is 5.02 Å². The zero-order valence-electron chi connectivity index (χ0n) is 19.3. The van der Waals surface area contributed by atoms with Crippen molar-refractivity contribution in [3.8, 4) is 5.75 Å². The maximum atomic E-state index is 12.5. The molecule has 2 aliphatic rings. The fourth-order valence-electron chi connectivity index (χ4n) is 5.17. The first kappa shape index (κ1) is 26.4. The van der Waals surface area contributed by atoms with Crippen LogP contribution in [-0.4, -0.2) is 34.3 Å². The van der Waals surface area contributed by atoms with E-state index in [2.05, 4.69) is 28.5 Å². The van der Waals surface area contributed by atoms with Crippen LogP contribution in [0.25, 0.3) is 0 Å². The van der Waals surface area contributed by atoms with Gasteiger partial charge in [0.25, 0.3) is 0 Å². The summed E-state index contributed by atoms with van der Waals surface area (Å²) >= 11 is 6.22. The van der Waals surface area contributed by atoms with E-state index in [1.807, 2.05) is 18.2 Å². The highest BCUT2D eigenvalue weighted by Gasteiger charge is 2.50. The molecular formula is C27H29ClF3N3O2. The molecule has 36 heavy (non-hydrogen) atoms. The molecule has 0 aliphatic carbocycles. The maximum Gasteiger partial charge on any atom is 0.573 e. The smallest absolute Gasteiger partial charge is 0.406 e. The van der Waals surface area contributed by atoms with Crippen LogP contribution in [0.5, 0.6) is 5.75 Å². The number of benzene rings is 1. The molecule has 1 unspecified atom stereocenters. The Morgan fingerprint density at radius 3 is 2.36 bits per heavy atom. The van der Waals surface area contributed by atoms with Gasteiger partial charge in [-0.05, 0) is 62.6 Å². The van der Waals surface area contributed by atoms with Crippen LogP contribution in [0.3, 0.4) is 0 Å². The third kappa shape index (κ3) is 4.94. The quantitative estimate of drug-likeness (QED) is 0.371. The predicted molar refractivity (Wildman–Crippen MR) is 132 cm³/mol. The summed E-state index contributed by atoms with van der Waals surface area (Å²) in [5.41, 5.74) is 2.70. The van der Waals surface area contributed by atoms with Crippen molar-refractivity contribution >= 4 is 11.6 Å². The molecule has 4 heterocycles. The van der Waals surface area contributed by atoms with Gasteiger partial charge in [-0.25, -0.2) is 0 Å². The molecule has 0 saturated carbocycles. The van der Waals surface area contributed by atoms with Crippen molar-refractivity contribution in [2.24, 2.45) is 0 Å². The molecule has 1 atom stereocenters. The zero-order valence-corrected chi connectivity index (χ0v) is 20.1. The molecule has 1 saturated heterocycles. The van der Waals surface area contributed by atoms with Crippen LogP contribution in [0.4, 0.5) is 13.2 Å². The molecule has 5 rings (SSSR count). The molecule has 0 amide bonds. The summed E-state index contributed by atoms with van der Waals surface area (Å²) < 4.78 is 48.3. The van der Waals surface area contributed by atoms with E-state index in [0.717, 1.165) is 48.4 Å². The zero-order chi connectivity index (χ0) is 24.8. The Morgan fingerprint density at radius 1 is 1.03 bits per heavy atom. The Kier molecular flexibility index (Phi) is 7.07. The van der Waals surface area contributed by atoms with E-state index in [-0.39, 0.29) is 19.3 Å². The van der Waals surface area contributed by atoms with Gasteiger partial charge in [-0.2, -0.15) is 0 Å². The third-order valence-electron chi connectivity index (χ3n) is 7.06. The number of halogens is 4. The lowest BCUT2D eigenvalue weighted by Crippen LogP contribution is -2.50. The number of piperidine rings is 1. The molecule has 2 aliphatic heterocycles.